The summed E-state index contributed by atoms with van der Waals surface area (Å²) in [4.78, 5) is 11.7. The number of aryl methyl sites for hydroxylation is 1. The summed E-state index contributed by atoms with van der Waals surface area (Å²) in [7, 11) is 0. The standard InChI is InChI=1S/C17H17ClN2O/c1-13-5-2-3-7-15(13)9-10-19-17(21)20-12-14-6-4-8-16(18)11-14/h2-11H,12H2,1H3,(H2,19,20,21)/b10-9+. The highest BCUT2D eigenvalue weighted by molar-refractivity contribution is 6.30. The Labute approximate surface area is 129 Å². The monoisotopic (exact) mass is 300 g/mol. The lowest BCUT2D eigenvalue weighted by Gasteiger charge is -2.05. The fraction of sp³-hybridized carbons (Fsp3) is 0.118. The largest absolute Gasteiger partial charge is 0.334 e. The van der Waals surface area contributed by atoms with Crippen molar-refractivity contribution in [1.29, 1.82) is 0 Å². The fourth-order valence-electron chi connectivity index (χ4n) is 1.86. The van der Waals surface area contributed by atoms with E-state index in [0.29, 0.717) is 11.6 Å². The molecule has 0 saturated heterocycles. The average Bonchev–Trinajstić information content (AvgIpc) is 2.47. The molecule has 108 valence electrons. The quantitative estimate of drug-likeness (QED) is 0.876. The van der Waals surface area contributed by atoms with Crippen molar-refractivity contribution < 1.29 is 4.79 Å². The van der Waals surface area contributed by atoms with Gasteiger partial charge in [0.25, 0.3) is 0 Å². The third-order valence-corrected chi connectivity index (χ3v) is 3.24. The van der Waals surface area contributed by atoms with Crippen LogP contribution in [0.4, 0.5) is 4.79 Å². The zero-order chi connectivity index (χ0) is 15.1. The van der Waals surface area contributed by atoms with Gasteiger partial charge in [0.15, 0.2) is 0 Å². The number of rotatable bonds is 4. The molecule has 0 aliphatic carbocycles. The van der Waals surface area contributed by atoms with Crippen molar-refractivity contribution in [3.05, 3.63) is 76.4 Å². The number of halogens is 1. The number of amides is 2. The van der Waals surface area contributed by atoms with E-state index in [1.54, 1.807) is 12.3 Å². The molecule has 0 bridgehead atoms. The van der Waals surface area contributed by atoms with Crippen LogP contribution >= 0.6 is 11.6 Å². The van der Waals surface area contributed by atoms with Crippen LogP contribution in [0.1, 0.15) is 16.7 Å². The molecule has 0 fully saturated rings. The summed E-state index contributed by atoms with van der Waals surface area (Å²) in [6, 6.07) is 15.1. The van der Waals surface area contributed by atoms with Gasteiger partial charge in [0.2, 0.25) is 0 Å². The minimum Gasteiger partial charge on any atom is -0.334 e. The van der Waals surface area contributed by atoms with Gasteiger partial charge in [-0.15, -0.1) is 0 Å². The van der Waals surface area contributed by atoms with Crippen LogP contribution < -0.4 is 10.6 Å². The summed E-state index contributed by atoms with van der Waals surface area (Å²) in [5, 5.41) is 6.11. The smallest absolute Gasteiger partial charge is 0.319 e. The van der Waals surface area contributed by atoms with Crippen LogP contribution in [0.15, 0.2) is 54.7 Å². The normalized spacial score (nSPS) is 10.6. The van der Waals surface area contributed by atoms with Crippen LogP contribution in [0.2, 0.25) is 5.02 Å². The minimum atomic E-state index is -0.250. The van der Waals surface area contributed by atoms with Crippen LogP contribution in [0.25, 0.3) is 6.08 Å². The highest BCUT2D eigenvalue weighted by atomic mass is 35.5. The van der Waals surface area contributed by atoms with Crippen LogP contribution in [-0.4, -0.2) is 6.03 Å². The number of urea groups is 1. The van der Waals surface area contributed by atoms with E-state index >= 15 is 0 Å². The van der Waals surface area contributed by atoms with Gasteiger partial charge in [-0.05, 0) is 41.8 Å². The summed E-state index contributed by atoms with van der Waals surface area (Å²) >= 11 is 5.89. The Balaban J connectivity index is 1.81. The van der Waals surface area contributed by atoms with Gasteiger partial charge in [-0.1, -0.05) is 48.0 Å². The lowest BCUT2D eigenvalue weighted by atomic mass is 10.1. The molecule has 3 nitrogen and oxygen atoms in total. The van der Waals surface area contributed by atoms with Gasteiger partial charge in [-0.25, -0.2) is 4.79 Å². The summed E-state index contributed by atoms with van der Waals surface area (Å²) in [6.07, 6.45) is 3.50. The van der Waals surface area contributed by atoms with E-state index < -0.39 is 0 Å². The van der Waals surface area contributed by atoms with Crippen molar-refractivity contribution in [3.63, 3.8) is 0 Å². The first kappa shape index (κ1) is 15.1. The van der Waals surface area contributed by atoms with Crippen LogP contribution in [0.5, 0.6) is 0 Å². The van der Waals surface area contributed by atoms with Gasteiger partial charge in [-0.3, -0.25) is 0 Å². The van der Waals surface area contributed by atoms with Crippen LogP contribution in [0, 0.1) is 6.92 Å². The first-order valence-electron chi connectivity index (χ1n) is 6.66. The molecule has 0 aliphatic heterocycles. The molecule has 2 amide bonds. The summed E-state index contributed by atoms with van der Waals surface area (Å²) in [5.41, 5.74) is 3.20. The number of hydrogen-bond donors (Lipinski definition) is 2. The molecule has 0 saturated carbocycles. The van der Waals surface area contributed by atoms with E-state index in [9.17, 15) is 4.79 Å². The van der Waals surface area contributed by atoms with E-state index in [1.807, 2.05) is 55.5 Å². The van der Waals surface area contributed by atoms with Crippen LogP contribution in [-0.2, 0) is 6.54 Å². The molecule has 0 spiro atoms. The van der Waals surface area contributed by atoms with Crippen molar-refractivity contribution in [3.8, 4) is 0 Å². The van der Waals surface area contributed by atoms with E-state index in [2.05, 4.69) is 10.6 Å². The van der Waals surface area contributed by atoms with Gasteiger partial charge >= 0.3 is 6.03 Å². The fourth-order valence-corrected chi connectivity index (χ4v) is 2.07. The van der Waals surface area contributed by atoms with E-state index in [-0.39, 0.29) is 6.03 Å². The number of carbonyl (C=O) groups excluding carboxylic acids is 1. The Hall–Kier alpha value is -2.26. The predicted octanol–water partition coefficient (Wildman–Crippen LogP) is 4.12. The molecule has 0 heterocycles. The van der Waals surface area contributed by atoms with Gasteiger partial charge < -0.3 is 10.6 Å². The molecule has 2 rings (SSSR count). The van der Waals surface area contributed by atoms with E-state index in [1.165, 1.54) is 0 Å². The molecule has 2 N–H and O–H groups in total. The highest BCUT2D eigenvalue weighted by Gasteiger charge is 1.99. The van der Waals surface area contributed by atoms with Gasteiger partial charge in [-0.2, -0.15) is 0 Å². The first-order chi connectivity index (χ1) is 10.1. The molecule has 0 unspecified atom stereocenters. The molecule has 0 aliphatic rings. The molecule has 0 aromatic heterocycles. The Morgan fingerprint density at radius 2 is 2.00 bits per heavy atom. The predicted molar refractivity (Wildman–Crippen MR) is 87.0 cm³/mol. The van der Waals surface area contributed by atoms with Crippen LogP contribution in [0.3, 0.4) is 0 Å². The average molecular weight is 301 g/mol. The summed E-state index contributed by atoms with van der Waals surface area (Å²) in [6.45, 7) is 2.46. The molecule has 2 aromatic carbocycles. The molecular weight excluding hydrogens is 284 g/mol. The van der Waals surface area contributed by atoms with Crippen molar-refractivity contribution in [2.75, 3.05) is 0 Å². The lowest BCUT2D eigenvalue weighted by molar-refractivity contribution is 0.244. The SMILES string of the molecule is Cc1ccccc1/C=C/NC(=O)NCc1cccc(Cl)c1. The molecule has 4 heteroatoms. The second-order valence-electron chi connectivity index (χ2n) is 4.65. The van der Waals surface area contributed by atoms with Crippen molar-refractivity contribution in [1.82, 2.24) is 10.6 Å². The molecule has 2 aromatic rings. The Morgan fingerprint density at radius 3 is 2.76 bits per heavy atom. The van der Waals surface area contributed by atoms with Gasteiger partial charge in [0.05, 0.1) is 0 Å². The summed E-state index contributed by atoms with van der Waals surface area (Å²) in [5.74, 6) is 0. The second-order valence-corrected chi connectivity index (χ2v) is 5.08. The Bertz CT molecular complexity index is 653. The minimum absolute atomic E-state index is 0.250. The maximum atomic E-state index is 11.7. The summed E-state index contributed by atoms with van der Waals surface area (Å²) < 4.78 is 0. The Morgan fingerprint density at radius 1 is 1.19 bits per heavy atom. The van der Waals surface area contributed by atoms with Gasteiger partial charge in [0.1, 0.15) is 0 Å². The second kappa shape index (κ2) is 7.50. The third kappa shape index (κ3) is 4.97. The zero-order valence-electron chi connectivity index (χ0n) is 11.8. The van der Waals surface area contributed by atoms with E-state index in [4.69, 9.17) is 11.6 Å². The third-order valence-electron chi connectivity index (χ3n) is 3.01. The number of nitrogens with one attached hydrogen (secondary N) is 2. The maximum absolute atomic E-state index is 11.7. The molecule has 0 atom stereocenters. The van der Waals surface area contributed by atoms with Crippen molar-refractivity contribution >= 4 is 23.7 Å². The molecular formula is C17H17ClN2O. The van der Waals surface area contributed by atoms with Crippen molar-refractivity contribution in [2.45, 2.75) is 13.5 Å². The van der Waals surface area contributed by atoms with E-state index in [0.717, 1.165) is 16.7 Å². The van der Waals surface area contributed by atoms with Gasteiger partial charge in [0, 0.05) is 17.8 Å². The number of benzene rings is 2. The first-order valence-corrected chi connectivity index (χ1v) is 7.04. The maximum Gasteiger partial charge on any atom is 0.319 e. The Kier molecular flexibility index (Phi) is 5.41. The number of carbonyl (C=O) groups is 1. The lowest BCUT2D eigenvalue weighted by Crippen LogP contribution is -2.31. The zero-order valence-corrected chi connectivity index (χ0v) is 12.5. The van der Waals surface area contributed by atoms with Crippen molar-refractivity contribution in [2.24, 2.45) is 0 Å². The number of hydrogen-bond acceptors (Lipinski definition) is 1. The highest BCUT2D eigenvalue weighted by Crippen LogP contribution is 2.10. The molecule has 0 radical (unpaired) electrons. The topological polar surface area (TPSA) is 41.1 Å². The molecule has 21 heavy (non-hydrogen) atoms.